The first-order chi connectivity index (χ1) is 11.9. The lowest BCUT2D eigenvalue weighted by Crippen LogP contribution is -2.24. The van der Waals surface area contributed by atoms with Gasteiger partial charge in [-0.05, 0) is 38.8 Å². The van der Waals surface area contributed by atoms with Crippen molar-refractivity contribution < 1.29 is 9.90 Å². The molecule has 2 heterocycles. The molecule has 0 saturated carbocycles. The zero-order valence-electron chi connectivity index (χ0n) is 14.5. The maximum Gasteiger partial charge on any atom is 0.303 e. The van der Waals surface area contributed by atoms with Gasteiger partial charge in [0.05, 0.1) is 22.5 Å². The third kappa shape index (κ3) is 3.05. The summed E-state index contributed by atoms with van der Waals surface area (Å²) in [6.45, 7) is 6.02. The Morgan fingerprint density at radius 1 is 1.16 bits per heavy atom. The number of rotatable bonds is 5. The van der Waals surface area contributed by atoms with Crippen LogP contribution < -0.4 is 5.56 Å². The molecule has 2 aromatic heterocycles. The van der Waals surface area contributed by atoms with Crippen molar-refractivity contribution in [1.82, 2.24) is 19.6 Å². The second-order valence-corrected chi connectivity index (χ2v) is 6.12. The number of aliphatic carboxylic acids is 1. The third-order valence-corrected chi connectivity index (χ3v) is 4.29. The van der Waals surface area contributed by atoms with Crippen molar-refractivity contribution in [1.29, 1.82) is 0 Å². The molecule has 0 aliphatic rings. The normalized spacial score (nSPS) is 11.2. The molecule has 3 rings (SSSR count). The summed E-state index contributed by atoms with van der Waals surface area (Å²) in [6.07, 6.45) is 0.354. The highest BCUT2D eigenvalue weighted by molar-refractivity contribution is 5.83. The summed E-state index contributed by atoms with van der Waals surface area (Å²) in [6, 6.07) is 7.85. The van der Waals surface area contributed by atoms with E-state index in [1.807, 2.05) is 45.0 Å². The van der Waals surface area contributed by atoms with Crippen LogP contribution in [0.3, 0.4) is 0 Å². The lowest BCUT2D eigenvalue weighted by molar-refractivity contribution is -0.137. The van der Waals surface area contributed by atoms with Gasteiger partial charge in [0, 0.05) is 13.0 Å². The number of fused-ring (bicyclic) bond motifs is 1. The number of benzene rings is 1. The van der Waals surface area contributed by atoms with Gasteiger partial charge in [0.1, 0.15) is 0 Å². The van der Waals surface area contributed by atoms with Gasteiger partial charge >= 0.3 is 5.97 Å². The highest BCUT2D eigenvalue weighted by Crippen LogP contribution is 2.22. The van der Waals surface area contributed by atoms with Gasteiger partial charge in [-0.15, -0.1) is 0 Å². The number of aryl methyl sites for hydroxylation is 4. The number of hydrogen-bond donors (Lipinski definition) is 1. The van der Waals surface area contributed by atoms with Gasteiger partial charge in [-0.1, -0.05) is 18.2 Å². The average Bonchev–Trinajstić information content (AvgIpc) is 2.90. The molecule has 0 saturated heterocycles. The fourth-order valence-corrected chi connectivity index (χ4v) is 3.05. The monoisotopic (exact) mass is 340 g/mol. The Labute approximate surface area is 144 Å². The third-order valence-electron chi connectivity index (χ3n) is 4.29. The Kier molecular flexibility index (Phi) is 4.39. The highest BCUT2D eigenvalue weighted by Gasteiger charge is 2.18. The summed E-state index contributed by atoms with van der Waals surface area (Å²) in [5, 5.41) is 18.4. The first-order valence-electron chi connectivity index (χ1n) is 8.15. The van der Waals surface area contributed by atoms with E-state index in [9.17, 15) is 9.59 Å². The first-order valence-corrected chi connectivity index (χ1v) is 8.15. The number of carboxylic acid groups (broad SMARTS) is 1. The number of aromatic nitrogens is 4. The van der Waals surface area contributed by atoms with E-state index in [1.165, 1.54) is 4.68 Å². The molecular formula is C18H20N4O3. The lowest BCUT2D eigenvalue weighted by atomic mass is 10.2. The van der Waals surface area contributed by atoms with E-state index in [2.05, 4.69) is 10.2 Å². The molecule has 0 spiro atoms. The van der Waals surface area contributed by atoms with E-state index in [4.69, 9.17) is 5.11 Å². The van der Waals surface area contributed by atoms with Crippen LogP contribution in [0.4, 0.5) is 0 Å². The predicted octanol–water partition coefficient (Wildman–Crippen LogP) is 2.37. The van der Waals surface area contributed by atoms with Gasteiger partial charge < -0.3 is 5.11 Å². The van der Waals surface area contributed by atoms with Gasteiger partial charge in [0.15, 0.2) is 5.52 Å². The summed E-state index contributed by atoms with van der Waals surface area (Å²) in [7, 11) is 0. The molecule has 0 fully saturated rings. The van der Waals surface area contributed by atoms with Crippen molar-refractivity contribution in [2.75, 3.05) is 0 Å². The Hall–Kier alpha value is -2.96. The minimum absolute atomic E-state index is 0.00187. The quantitative estimate of drug-likeness (QED) is 0.770. The van der Waals surface area contributed by atoms with E-state index >= 15 is 0 Å². The number of hydrogen-bond acceptors (Lipinski definition) is 4. The molecule has 1 N–H and O–H groups in total. The minimum atomic E-state index is -0.884. The van der Waals surface area contributed by atoms with Crippen LogP contribution in [-0.2, 0) is 11.3 Å². The van der Waals surface area contributed by atoms with Crippen LogP contribution >= 0.6 is 0 Å². The van der Waals surface area contributed by atoms with E-state index < -0.39 is 5.97 Å². The van der Waals surface area contributed by atoms with Gasteiger partial charge in [0.25, 0.3) is 5.56 Å². The lowest BCUT2D eigenvalue weighted by Gasteiger charge is -2.07. The molecule has 0 radical (unpaired) electrons. The maximum absolute atomic E-state index is 12.7. The summed E-state index contributed by atoms with van der Waals surface area (Å²) in [5.74, 6) is -0.884. The summed E-state index contributed by atoms with van der Waals surface area (Å²) in [4.78, 5) is 23.4. The van der Waals surface area contributed by atoms with Gasteiger partial charge in [-0.3, -0.25) is 9.59 Å². The summed E-state index contributed by atoms with van der Waals surface area (Å²) in [5.41, 5.74) is 3.63. The van der Waals surface area contributed by atoms with E-state index in [1.54, 1.807) is 4.68 Å². The fourth-order valence-electron chi connectivity index (χ4n) is 3.05. The summed E-state index contributed by atoms with van der Waals surface area (Å²) < 4.78 is 3.09. The second-order valence-electron chi connectivity index (χ2n) is 6.12. The minimum Gasteiger partial charge on any atom is -0.481 e. The van der Waals surface area contributed by atoms with Gasteiger partial charge in [-0.2, -0.15) is 10.2 Å². The highest BCUT2D eigenvalue weighted by atomic mass is 16.4. The molecule has 0 bridgehead atoms. The molecule has 0 atom stereocenters. The van der Waals surface area contributed by atoms with E-state index in [-0.39, 0.29) is 18.5 Å². The topological polar surface area (TPSA) is 90.0 Å². The van der Waals surface area contributed by atoms with E-state index in [0.717, 1.165) is 22.3 Å². The molecule has 25 heavy (non-hydrogen) atoms. The zero-order valence-corrected chi connectivity index (χ0v) is 14.5. The first kappa shape index (κ1) is 16.9. The molecule has 130 valence electrons. The zero-order chi connectivity index (χ0) is 18.1. The van der Waals surface area contributed by atoms with Crippen LogP contribution in [0.15, 0.2) is 29.1 Å². The van der Waals surface area contributed by atoms with Gasteiger partial charge in [-0.25, -0.2) is 9.36 Å². The Morgan fingerprint density at radius 3 is 2.56 bits per heavy atom. The Bertz CT molecular complexity index is 1020. The van der Waals surface area contributed by atoms with Crippen LogP contribution in [0.1, 0.15) is 29.8 Å². The van der Waals surface area contributed by atoms with Crippen molar-refractivity contribution in [3.05, 3.63) is 51.6 Å². The smallest absolute Gasteiger partial charge is 0.303 e. The van der Waals surface area contributed by atoms with Crippen LogP contribution in [0.2, 0.25) is 0 Å². The Balaban J connectivity index is 2.13. The maximum atomic E-state index is 12.7. The molecule has 0 aliphatic carbocycles. The SMILES string of the molecule is Cc1ccccc1-n1nc2c(=O)n(CCCC(=O)O)nc(C)c2c1C. The molecule has 7 heteroatoms. The molecule has 0 unspecified atom stereocenters. The molecular weight excluding hydrogens is 320 g/mol. The van der Waals surface area contributed by atoms with Crippen molar-refractivity contribution in [3.8, 4) is 5.69 Å². The average molecular weight is 340 g/mol. The van der Waals surface area contributed by atoms with Crippen molar-refractivity contribution in [2.45, 2.75) is 40.2 Å². The largest absolute Gasteiger partial charge is 0.481 e. The van der Waals surface area contributed by atoms with Crippen molar-refractivity contribution in [2.24, 2.45) is 0 Å². The van der Waals surface area contributed by atoms with Gasteiger partial charge in [0.2, 0.25) is 0 Å². The number of para-hydroxylation sites is 1. The van der Waals surface area contributed by atoms with Crippen LogP contribution in [-0.4, -0.2) is 30.6 Å². The van der Waals surface area contributed by atoms with Crippen LogP contribution in [0, 0.1) is 20.8 Å². The second kappa shape index (κ2) is 6.51. The molecule has 3 aromatic rings. The molecule has 1 aromatic carbocycles. The standard InChI is InChI=1S/C18H20N4O3/c1-11-7-4-5-8-14(11)22-13(3)16-12(2)19-21(10-6-9-15(23)24)18(25)17(16)20-22/h4-5,7-8H,6,9-10H2,1-3H3,(H,23,24). The van der Waals surface area contributed by atoms with Crippen LogP contribution in [0.5, 0.6) is 0 Å². The van der Waals surface area contributed by atoms with Crippen LogP contribution in [0.25, 0.3) is 16.6 Å². The molecule has 0 aliphatic heterocycles. The Morgan fingerprint density at radius 2 is 1.88 bits per heavy atom. The molecule has 7 nitrogen and oxygen atoms in total. The fraction of sp³-hybridized carbons (Fsp3) is 0.333. The van der Waals surface area contributed by atoms with E-state index in [0.29, 0.717) is 17.6 Å². The van der Waals surface area contributed by atoms with Crippen molar-refractivity contribution in [3.63, 3.8) is 0 Å². The number of carbonyl (C=O) groups is 1. The predicted molar refractivity (Wildman–Crippen MR) is 94.2 cm³/mol. The summed E-state index contributed by atoms with van der Waals surface area (Å²) >= 11 is 0. The number of carboxylic acids is 1. The van der Waals surface area contributed by atoms with Crippen molar-refractivity contribution >= 4 is 16.9 Å². The molecule has 0 amide bonds. The number of nitrogens with zero attached hydrogens (tertiary/aromatic N) is 4.